The zero-order chi connectivity index (χ0) is 22.2. The summed E-state index contributed by atoms with van der Waals surface area (Å²) in [6.07, 6.45) is -2.68. The topological polar surface area (TPSA) is 54.4 Å². The minimum atomic E-state index is -4.47. The van der Waals surface area contributed by atoms with Gasteiger partial charge in [0.15, 0.2) is 9.84 Å². The van der Waals surface area contributed by atoms with Crippen molar-refractivity contribution in [2.45, 2.75) is 42.2 Å². The summed E-state index contributed by atoms with van der Waals surface area (Å²) in [4.78, 5) is 0. The number of aryl methyl sites for hydroxylation is 1. The number of halogens is 3. The summed E-state index contributed by atoms with van der Waals surface area (Å²) in [5.41, 5.74) is 2.86. The molecule has 3 nitrogen and oxygen atoms in total. The first-order valence-electron chi connectivity index (χ1n) is 9.84. The molecule has 0 bridgehead atoms. The molecule has 1 aliphatic rings. The number of alkyl halides is 3. The third-order valence-corrected chi connectivity index (χ3v) is 8.90. The van der Waals surface area contributed by atoms with Gasteiger partial charge in [-0.15, -0.1) is 11.3 Å². The second-order valence-corrected chi connectivity index (χ2v) is 11.1. The number of rotatable bonds is 6. The largest absolute Gasteiger partial charge is 0.416 e. The highest BCUT2D eigenvalue weighted by atomic mass is 32.2. The molecule has 0 spiro atoms. The van der Waals surface area contributed by atoms with Crippen molar-refractivity contribution in [2.75, 3.05) is 5.75 Å². The van der Waals surface area contributed by atoms with Crippen LogP contribution in [-0.2, 0) is 35.5 Å². The molecular formula is C23H21F3O3S2. The fraction of sp³-hybridized carbons (Fsp3) is 0.304. The Hall–Kier alpha value is -2.16. The summed E-state index contributed by atoms with van der Waals surface area (Å²) in [6, 6.07) is 12.7. The smallest absolute Gasteiger partial charge is 0.392 e. The van der Waals surface area contributed by atoms with E-state index in [9.17, 15) is 26.7 Å². The van der Waals surface area contributed by atoms with Crippen LogP contribution in [0.5, 0.6) is 0 Å². The SMILES string of the molecule is O=S(=O)(CC1CCc2cc(Cc3cc(CO)cc(C(F)(F)F)c3)ccc21)c1cccs1. The van der Waals surface area contributed by atoms with E-state index < -0.39 is 28.2 Å². The molecular weight excluding hydrogens is 445 g/mol. The Morgan fingerprint density at radius 1 is 1.03 bits per heavy atom. The number of fused-ring (bicyclic) bond motifs is 1. The number of sulfone groups is 1. The quantitative estimate of drug-likeness (QED) is 0.533. The van der Waals surface area contributed by atoms with E-state index in [2.05, 4.69) is 0 Å². The zero-order valence-electron chi connectivity index (χ0n) is 16.5. The normalized spacial score (nSPS) is 16.5. The second-order valence-electron chi connectivity index (χ2n) is 7.85. The monoisotopic (exact) mass is 466 g/mol. The first-order chi connectivity index (χ1) is 14.7. The molecule has 0 fully saturated rings. The Bertz CT molecular complexity index is 1180. The van der Waals surface area contributed by atoms with Crippen LogP contribution in [0, 0.1) is 0 Å². The molecule has 1 aliphatic carbocycles. The van der Waals surface area contributed by atoms with Gasteiger partial charge < -0.3 is 5.11 Å². The Morgan fingerprint density at radius 3 is 2.48 bits per heavy atom. The van der Waals surface area contributed by atoms with Crippen molar-refractivity contribution in [3.8, 4) is 0 Å². The van der Waals surface area contributed by atoms with E-state index in [1.165, 1.54) is 11.3 Å². The Kier molecular flexibility index (Phi) is 5.98. The van der Waals surface area contributed by atoms with Gasteiger partial charge in [-0.1, -0.05) is 30.3 Å². The highest BCUT2D eigenvalue weighted by Gasteiger charge is 2.31. The van der Waals surface area contributed by atoms with Crippen LogP contribution in [0.4, 0.5) is 13.2 Å². The van der Waals surface area contributed by atoms with Crippen LogP contribution >= 0.6 is 11.3 Å². The van der Waals surface area contributed by atoms with Crippen LogP contribution in [0.25, 0.3) is 0 Å². The Labute approximate surface area is 183 Å². The molecule has 1 aromatic heterocycles. The summed E-state index contributed by atoms with van der Waals surface area (Å²) in [7, 11) is -3.34. The lowest BCUT2D eigenvalue weighted by Gasteiger charge is -2.14. The lowest BCUT2D eigenvalue weighted by molar-refractivity contribution is -0.137. The number of thiophene rings is 1. The highest BCUT2D eigenvalue weighted by molar-refractivity contribution is 7.93. The van der Waals surface area contributed by atoms with Crippen molar-refractivity contribution in [3.05, 3.63) is 87.3 Å². The minimum Gasteiger partial charge on any atom is -0.392 e. The van der Waals surface area contributed by atoms with Gasteiger partial charge in [-0.2, -0.15) is 13.2 Å². The van der Waals surface area contributed by atoms with E-state index in [1.807, 2.05) is 18.2 Å². The van der Waals surface area contributed by atoms with Gasteiger partial charge >= 0.3 is 6.18 Å². The molecule has 0 aliphatic heterocycles. The highest BCUT2D eigenvalue weighted by Crippen LogP contribution is 2.37. The molecule has 1 N–H and O–H groups in total. The molecule has 0 saturated carbocycles. The van der Waals surface area contributed by atoms with Gasteiger partial charge in [-0.3, -0.25) is 0 Å². The van der Waals surface area contributed by atoms with Crippen molar-refractivity contribution >= 4 is 21.2 Å². The summed E-state index contributed by atoms with van der Waals surface area (Å²) in [6.45, 7) is -0.457. The van der Waals surface area contributed by atoms with Gasteiger partial charge in [0.05, 0.1) is 17.9 Å². The summed E-state index contributed by atoms with van der Waals surface area (Å²) in [5.74, 6) is -0.0152. The maximum atomic E-state index is 13.2. The molecule has 4 rings (SSSR count). The van der Waals surface area contributed by atoms with Crippen molar-refractivity contribution in [1.82, 2.24) is 0 Å². The maximum absolute atomic E-state index is 13.2. The van der Waals surface area contributed by atoms with Crippen LogP contribution in [0.3, 0.4) is 0 Å². The molecule has 0 saturated heterocycles. The van der Waals surface area contributed by atoms with E-state index in [1.54, 1.807) is 23.6 Å². The fourth-order valence-corrected chi connectivity index (χ4v) is 6.92. The van der Waals surface area contributed by atoms with E-state index in [0.29, 0.717) is 16.2 Å². The van der Waals surface area contributed by atoms with Gasteiger partial charge in [-0.25, -0.2) is 8.42 Å². The fourth-order valence-electron chi connectivity index (χ4n) is 4.18. The van der Waals surface area contributed by atoms with Crippen molar-refractivity contribution in [3.63, 3.8) is 0 Å². The van der Waals surface area contributed by atoms with E-state index in [4.69, 9.17) is 0 Å². The zero-order valence-corrected chi connectivity index (χ0v) is 18.2. The molecule has 8 heteroatoms. The molecule has 0 amide bonds. The standard InChI is InChI=1S/C23H21F3O3S2/c24-23(25,26)20-11-16(9-17(12-20)13-27)8-15-3-6-21-18(10-15)4-5-19(21)14-31(28,29)22-2-1-7-30-22/h1-3,6-7,9-12,19,27H,4-5,8,13-14H2. The minimum absolute atomic E-state index is 0.0628. The lowest BCUT2D eigenvalue weighted by Crippen LogP contribution is -2.12. The van der Waals surface area contributed by atoms with E-state index >= 15 is 0 Å². The number of benzene rings is 2. The third-order valence-electron chi connectivity index (χ3n) is 5.60. The van der Waals surface area contributed by atoms with Crippen LogP contribution in [0.1, 0.15) is 45.7 Å². The molecule has 1 heterocycles. The first kappa shape index (κ1) is 22.0. The van der Waals surface area contributed by atoms with E-state index in [-0.39, 0.29) is 17.2 Å². The lowest BCUT2D eigenvalue weighted by atomic mass is 9.96. The number of aliphatic hydroxyl groups excluding tert-OH is 1. The van der Waals surface area contributed by atoms with Crippen molar-refractivity contribution < 1.29 is 26.7 Å². The number of hydrogen-bond acceptors (Lipinski definition) is 4. The Morgan fingerprint density at radius 2 is 1.81 bits per heavy atom. The molecule has 3 aromatic rings. The average molecular weight is 467 g/mol. The van der Waals surface area contributed by atoms with Gasteiger partial charge in [0, 0.05) is 0 Å². The molecule has 31 heavy (non-hydrogen) atoms. The summed E-state index contributed by atoms with van der Waals surface area (Å²) in [5, 5.41) is 11.1. The van der Waals surface area contributed by atoms with Gasteiger partial charge in [0.25, 0.3) is 0 Å². The van der Waals surface area contributed by atoms with Gasteiger partial charge in [0.2, 0.25) is 0 Å². The van der Waals surface area contributed by atoms with E-state index in [0.717, 1.165) is 41.7 Å². The number of aliphatic hydroxyl groups is 1. The molecule has 0 radical (unpaired) electrons. The second kappa shape index (κ2) is 8.41. The van der Waals surface area contributed by atoms with Crippen molar-refractivity contribution in [2.24, 2.45) is 0 Å². The average Bonchev–Trinajstić information content (AvgIpc) is 3.38. The van der Waals surface area contributed by atoms with Gasteiger partial charge in [-0.05, 0) is 76.6 Å². The first-order valence-corrected chi connectivity index (χ1v) is 12.4. The predicted molar refractivity (Wildman–Crippen MR) is 114 cm³/mol. The molecule has 1 atom stereocenters. The van der Waals surface area contributed by atoms with Crippen molar-refractivity contribution in [1.29, 1.82) is 0 Å². The van der Waals surface area contributed by atoms with Crippen LogP contribution in [0.2, 0.25) is 0 Å². The third kappa shape index (κ3) is 4.86. The summed E-state index contributed by atoms with van der Waals surface area (Å²) < 4.78 is 65.1. The number of hydrogen-bond donors (Lipinski definition) is 1. The summed E-state index contributed by atoms with van der Waals surface area (Å²) >= 11 is 1.22. The maximum Gasteiger partial charge on any atom is 0.416 e. The molecule has 164 valence electrons. The van der Waals surface area contributed by atoms with Gasteiger partial charge in [0.1, 0.15) is 4.21 Å². The van der Waals surface area contributed by atoms with Crippen LogP contribution in [-0.4, -0.2) is 19.3 Å². The molecule has 2 aromatic carbocycles. The molecule has 1 unspecified atom stereocenters. The van der Waals surface area contributed by atoms with Crippen LogP contribution < -0.4 is 0 Å². The predicted octanol–water partition coefficient (Wildman–Crippen LogP) is 5.35. The Balaban J connectivity index is 1.55. The van der Waals surface area contributed by atoms with Crippen LogP contribution in [0.15, 0.2) is 58.1 Å².